The lowest BCUT2D eigenvalue weighted by molar-refractivity contribution is 0.00238. The fraction of sp³-hybridized carbons (Fsp3) is 0.611. The van der Waals surface area contributed by atoms with Crippen LogP contribution >= 0.6 is 0 Å². The molecule has 122 valence electrons. The Bertz CT molecular complexity index is 521. The van der Waals surface area contributed by atoms with E-state index in [2.05, 4.69) is 0 Å². The van der Waals surface area contributed by atoms with Crippen LogP contribution in [0.2, 0.25) is 0 Å². The molecule has 0 radical (unpaired) electrons. The van der Waals surface area contributed by atoms with Crippen LogP contribution in [0.15, 0.2) is 24.3 Å². The number of aliphatic hydroxyl groups excluding tert-OH is 1. The molecule has 4 heteroatoms. The zero-order valence-electron chi connectivity index (χ0n) is 14.0. The van der Waals surface area contributed by atoms with Gasteiger partial charge in [-0.15, -0.1) is 0 Å². The monoisotopic (exact) mass is 305 g/mol. The van der Waals surface area contributed by atoms with Crippen LogP contribution in [0.3, 0.4) is 0 Å². The first-order chi connectivity index (χ1) is 10.3. The number of benzene rings is 1. The molecule has 1 saturated heterocycles. The van der Waals surface area contributed by atoms with E-state index >= 15 is 0 Å². The number of aliphatic hydroxyl groups is 1. The van der Waals surface area contributed by atoms with Gasteiger partial charge in [-0.1, -0.05) is 29.8 Å². The van der Waals surface area contributed by atoms with Crippen molar-refractivity contribution in [2.75, 3.05) is 13.1 Å². The van der Waals surface area contributed by atoms with Crippen LogP contribution in [0.5, 0.6) is 0 Å². The maximum atomic E-state index is 12.2. The summed E-state index contributed by atoms with van der Waals surface area (Å²) in [4.78, 5) is 13.9. The van der Waals surface area contributed by atoms with Crippen LogP contribution in [0.25, 0.3) is 0 Å². The molecule has 1 aliphatic rings. The van der Waals surface area contributed by atoms with Crippen LogP contribution in [0.4, 0.5) is 4.79 Å². The first-order valence-electron chi connectivity index (χ1n) is 7.99. The number of hydrogen-bond donors (Lipinski definition) is 1. The lowest BCUT2D eigenvalue weighted by Crippen LogP contribution is -2.44. The van der Waals surface area contributed by atoms with Crippen molar-refractivity contribution in [3.05, 3.63) is 35.4 Å². The van der Waals surface area contributed by atoms with Crippen molar-refractivity contribution in [3.8, 4) is 0 Å². The maximum Gasteiger partial charge on any atom is 0.410 e. The summed E-state index contributed by atoms with van der Waals surface area (Å²) in [6.45, 7) is 8.87. The van der Waals surface area contributed by atoms with E-state index in [1.54, 1.807) is 4.90 Å². The molecule has 1 N–H and O–H groups in total. The zero-order chi connectivity index (χ0) is 16.3. The Morgan fingerprint density at radius 3 is 2.77 bits per heavy atom. The lowest BCUT2D eigenvalue weighted by atomic mass is 9.88. The third-order valence-corrected chi connectivity index (χ3v) is 3.94. The van der Waals surface area contributed by atoms with Gasteiger partial charge in [0, 0.05) is 19.0 Å². The molecule has 1 heterocycles. The lowest BCUT2D eigenvalue weighted by Gasteiger charge is -2.36. The number of piperidine rings is 1. The minimum Gasteiger partial charge on any atom is -0.444 e. The van der Waals surface area contributed by atoms with Crippen LogP contribution in [0, 0.1) is 12.8 Å². The van der Waals surface area contributed by atoms with Crippen molar-refractivity contribution in [3.63, 3.8) is 0 Å². The first-order valence-corrected chi connectivity index (χ1v) is 7.99. The highest BCUT2D eigenvalue weighted by molar-refractivity contribution is 5.68. The normalized spacial score (nSPS) is 20.6. The van der Waals surface area contributed by atoms with Crippen molar-refractivity contribution in [1.82, 2.24) is 4.90 Å². The average molecular weight is 305 g/mol. The molecule has 1 aliphatic heterocycles. The minimum atomic E-state index is -0.537. The van der Waals surface area contributed by atoms with Crippen LogP contribution in [-0.2, 0) is 4.74 Å². The van der Waals surface area contributed by atoms with Gasteiger partial charge in [0.25, 0.3) is 0 Å². The van der Waals surface area contributed by atoms with Crippen LogP contribution in [-0.4, -0.2) is 34.8 Å². The van der Waals surface area contributed by atoms with Gasteiger partial charge in [0.15, 0.2) is 0 Å². The van der Waals surface area contributed by atoms with Gasteiger partial charge >= 0.3 is 6.09 Å². The molecule has 1 aromatic rings. The SMILES string of the molecule is Cc1cccc(C(O)C2CCCN(C(=O)OC(C)(C)C)C2)c1. The van der Waals surface area contributed by atoms with Gasteiger partial charge in [0.2, 0.25) is 0 Å². The summed E-state index contributed by atoms with van der Waals surface area (Å²) in [6.07, 6.45) is 1.00. The predicted molar refractivity (Wildman–Crippen MR) is 86.7 cm³/mol. The summed E-state index contributed by atoms with van der Waals surface area (Å²) in [6, 6.07) is 7.94. The van der Waals surface area contributed by atoms with Gasteiger partial charge in [-0.05, 0) is 46.1 Å². The fourth-order valence-electron chi connectivity index (χ4n) is 2.89. The third-order valence-electron chi connectivity index (χ3n) is 3.94. The molecule has 2 unspecified atom stereocenters. The number of carbonyl (C=O) groups is 1. The Hall–Kier alpha value is -1.55. The Balaban J connectivity index is 2.02. The van der Waals surface area contributed by atoms with Crippen molar-refractivity contribution < 1.29 is 14.6 Å². The van der Waals surface area contributed by atoms with E-state index in [1.807, 2.05) is 52.0 Å². The molecule has 1 amide bonds. The molecule has 1 fully saturated rings. The number of nitrogens with zero attached hydrogens (tertiary/aromatic N) is 1. The maximum absolute atomic E-state index is 12.2. The molecule has 2 rings (SSSR count). The fourth-order valence-corrected chi connectivity index (χ4v) is 2.89. The largest absolute Gasteiger partial charge is 0.444 e. The summed E-state index contributed by atoms with van der Waals surface area (Å²) in [5.74, 6) is 0.0584. The molecular weight excluding hydrogens is 278 g/mol. The predicted octanol–water partition coefficient (Wildman–Crippen LogP) is 3.68. The second-order valence-corrected chi connectivity index (χ2v) is 7.19. The Morgan fingerprint density at radius 1 is 1.41 bits per heavy atom. The Morgan fingerprint density at radius 2 is 2.14 bits per heavy atom. The number of likely N-dealkylation sites (tertiary alicyclic amines) is 1. The van der Waals surface area contributed by atoms with E-state index in [4.69, 9.17) is 4.74 Å². The topological polar surface area (TPSA) is 49.8 Å². The van der Waals surface area contributed by atoms with Gasteiger partial charge in [-0.2, -0.15) is 0 Å². The van der Waals surface area contributed by atoms with Gasteiger partial charge in [-0.3, -0.25) is 0 Å². The van der Waals surface area contributed by atoms with E-state index in [-0.39, 0.29) is 12.0 Å². The standard InChI is InChI=1S/C18H27NO3/c1-13-7-5-8-14(11-13)16(20)15-9-6-10-19(12-15)17(21)22-18(2,3)4/h5,7-8,11,15-16,20H,6,9-10,12H2,1-4H3. The highest BCUT2D eigenvalue weighted by Crippen LogP contribution is 2.30. The summed E-state index contributed by atoms with van der Waals surface area (Å²) < 4.78 is 5.44. The quantitative estimate of drug-likeness (QED) is 0.907. The second-order valence-electron chi connectivity index (χ2n) is 7.19. The van der Waals surface area contributed by atoms with E-state index in [1.165, 1.54) is 0 Å². The molecule has 0 aliphatic carbocycles. The van der Waals surface area contributed by atoms with Crippen molar-refractivity contribution >= 4 is 6.09 Å². The number of hydrogen-bond acceptors (Lipinski definition) is 3. The highest BCUT2D eigenvalue weighted by atomic mass is 16.6. The van der Waals surface area contributed by atoms with Crippen molar-refractivity contribution in [2.24, 2.45) is 5.92 Å². The van der Waals surface area contributed by atoms with Crippen LogP contribution < -0.4 is 0 Å². The summed E-state index contributed by atoms with van der Waals surface area (Å²) >= 11 is 0. The van der Waals surface area contributed by atoms with Crippen molar-refractivity contribution in [2.45, 2.75) is 52.2 Å². The van der Waals surface area contributed by atoms with Gasteiger partial charge in [0.1, 0.15) is 5.60 Å². The number of rotatable bonds is 2. The molecule has 0 bridgehead atoms. The molecule has 22 heavy (non-hydrogen) atoms. The van der Waals surface area contributed by atoms with Gasteiger partial charge < -0.3 is 14.7 Å². The van der Waals surface area contributed by atoms with E-state index in [0.29, 0.717) is 13.1 Å². The number of carbonyl (C=O) groups excluding carboxylic acids is 1. The first kappa shape index (κ1) is 16.8. The molecular formula is C18H27NO3. The van der Waals surface area contributed by atoms with E-state index in [9.17, 15) is 9.90 Å². The van der Waals surface area contributed by atoms with E-state index in [0.717, 1.165) is 24.0 Å². The zero-order valence-corrected chi connectivity index (χ0v) is 14.0. The Kier molecular flexibility index (Phi) is 5.12. The van der Waals surface area contributed by atoms with Gasteiger partial charge in [0.05, 0.1) is 6.10 Å². The number of amides is 1. The number of ether oxygens (including phenoxy) is 1. The summed E-state index contributed by atoms with van der Waals surface area (Å²) in [5, 5.41) is 10.6. The number of aryl methyl sites for hydroxylation is 1. The highest BCUT2D eigenvalue weighted by Gasteiger charge is 2.31. The summed E-state index contributed by atoms with van der Waals surface area (Å²) in [7, 11) is 0. The van der Waals surface area contributed by atoms with Crippen molar-refractivity contribution in [1.29, 1.82) is 0 Å². The second kappa shape index (κ2) is 6.69. The molecule has 0 saturated carbocycles. The molecule has 0 aromatic heterocycles. The average Bonchev–Trinajstić information content (AvgIpc) is 2.45. The molecule has 0 spiro atoms. The minimum absolute atomic E-state index is 0.0584. The Labute approximate surface area is 133 Å². The van der Waals surface area contributed by atoms with E-state index < -0.39 is 11.7 Å². The molecule has 4 nitrogen and oxygen atoms in total. The smallest absolute Gasteiger partial charge is 0.410 e. The molecule has 1 aromatic carbocycles. The third kappa shape index (κ3) is 4.47. The summed E-state index contributed by atoms with van der Waals surface area (Å²) in [5.41, 5.74) is 1.58. The molecule has 2 atom stereocenters. The van der Waals surface area contributed by atoms with Gasteiger partial charge in [-0.25, -0.2) is 4.79 Å². The van der Waals surface area contributed by atoms with Crippen LogP contribution in [0.1, 0.15) is 50.8 Å².